The fourth-order valence-electron chi connectivity index (χ4n) is 0.557. The summed E-state index contributed by atoms with van der Waals surface area (Å²) >= 11 is 0. The van der Waals surface area contributed by atoms with E-state index >= 15 is 0 Å². The van der Waals surface area contributed by atoms with Crippen molar-refractivity contribution in [2.45, 2.75) is 34.6 Å². The molecule has 0 nitrogen and oxygen atoms in total. The third-order valence-electron chi connectivity index (χ3n) is 2.14. The largest absolute Gasteiger partial charge is 0.102 e. The highest BCUT2D eigenvalue weighted by atomic mass is 14.2. The lowest BCUT2D eigenvalue weighted by Gasteiger charge is -2.18. The molecule has 0 radical (unpaired) electrons. The van der Waals surface area contributed by atoms with Crippen LogP contribution in [-0.2, 0) is 0 Å². The van der Waals surface area contributed by atoms with E-state index in [2.05, 4.69) is 46.1 Å². The molecule has 0 saturated heterocycles. The van der Waals surface area contributed by atoms with Crippen LogP contribution in [0.4, 0.5) is 0 Å². The molecule has 0 heteroatoms. The fourth-order valence-corrected chi connectivity index (χ4v) is 0.557. The summed E-state index contributed by atoms with van der Waals surface area (Å²) in [5.74, 6) is 6.43. The molecule has 0 aliphatic carbocycles. The average Bonchev–Trinajstić information content (AvgIpc) is 2.02. The summed E-state index contributed by atoms with van der Waals surface area (Å²) in [5, 5.41) is 0. The van der Waals surface area contributed by atoms with Crippen molar-refractivity contribution >= 4 is 0 Å². The summed E-state index contributed by atoms with van der Waals surface area (Å²) in [6.07, 6.45) is 3.85. The molecule has 0 bridgehead atoms. The van der Waals surface area contributed by atoms with Gasteiger partial charge in [0.1, 0.15) is 0 Å². The Hall–Kier alpha value is -0.960. The molecule has 0 fully saturated rings. The Bertz CT molecular complexity index is 250. The summed E-state index contributed by atoms with van der Waals surface area (Å²) in [6.45, 7) is 14.4. The van der Waals surface area contributed by atoms with Crippen molar-refractivity contribution in [2.24, 2.45) is 11.3 Å². The topological polar surface area (TPSA) is 0 Å². The van der Waals surface area contributed by atoms with Crippen LogP contribution < -0.4 is 0 Å². The van der Waals surface area contributed by atoms with Crippen LogP contribution >= 0.6 is 0 Å². The predicted molar refractivity (Wildman–Crippen MR) is 60.3 cm³/mol. The van der Waals surface area contributed by atoms with Gasteiger partial charge in [-0.3, -0.25) is 0 Å². The molecule has 0 rings (SSSR count). The van der Waals surface area contributed by atoms with Crippen molar-refractivity contribution in [3.63, 3.8) is 0 Å². The third-order valence-corrected chi connectivity index (χ3v) is 2.14. The van der Waals surface area contributed by atoms with E-state index in [1.165, 1.54) is 5.57 Å². The van der Waals surface area contributed by atoms with E-state index < -0.39 is 0 Å². The highest BCUT2D eigenvalue weighted by Gasteiger charge is 2.10. The number of hydrogen-bond acceptors (Lipinski definition) is 0. The smallest absolute Gasteiger partial charge is 0.0355 e. The molecule has 0 N–H and O–H groups in total. The molecule has 0 spiro atoms. The molecule has 13 heavy (non-hydrogen) atoms. The van der Waals surface area contributed by atoms with Gasteiger partial charge in [0.2, 0.25) is 0 Å². The van der Waals surface area contributed by atoms with E-state index in [9.17, 15) is 0 Å². The van der Waals surface area contributed by atoms with Gasteiger partial charge in [0.25, 0.3) is 0 Å². The molecule has 0 aromatic rings. The van der Waals surface area contributed by atoms with Gasteiger partial charge in [0.05, 0.1) is 0 Å². The van der Waals surface area contributed by atoms with Crippen LogP contribution in [-0.4, -0.2) is 0 Å². The number of rotatable bonds is 1. The van der Waals surface area contributed by atoms with Crippen LogP contribution in [0.2, 0.25) is 0 Å². The Balaban J connectivity index is 4.40. The maximum atomic E-state index is 3.68. The summed E-state index contributed by atoms with van der Waals surface area (Å²) in [4.78, 5) is 0. The molecule has 0 aromatic heterocycles. The zero-order valence-electron chi connectivity index (χ0n) is 9.44. The monoisotopic (exact) mass is 176 g/mol. The van der Waals surface area contributed by atoms with Crippen molar-refractivity contribution in [3.8, 4) is 11.8 Å². The van der Waals surface area contributed by atoms with Crippen molar-refractivity contribution in [2.75, 3.05) is 0 Å². The predicted octanol–water partition coefficient (Wildman–Crippen LogP) is 3.80. The van der Waals surface area contributed by atoms with Gasteiger partial charge in [-0.25, -0.2) is 0 Å². The van der Waals surface area contributed by atoms with Crippen LogP contribution in [0, 0.1) is 23.2 Å². The molecule has 0 aliphatic heterocycles. The molecule has 1 unspecified atom stereocenters. The normalized spacial score (nSPS) is 14.4. The second kappa shape index (κ2) is 4.92. The Kier molecular flexibility index (Phi) is 4.56. The Morgan fingerprint density at radius 1 is 1.38 bits per heavy atom. The van der Waals surface area contributed by atoms with Gasteiger partial charge in [0.15, 0.2) is 0 Å². The molecular formula is C13H20. The maximum Gasteiger partial charge on any atom is 0.0355 e. The summed E-state index contributed by atoms with van der Waals surface area (Å²) in [6, 6.07) is 0. The fraction of sp³-hybridized carbons (Fsp3) is 0.538. The molecule has 0 amide bonds. The summed E-state index contributed by atoms with van der Waals surface area (Å²) in [5.41, 5.74) is 1.54. The highest BCUT2D eigenvalue weighted by Crippen LogP contribution is 2.23. The van der Waals surface area contributed by atoms with Crippen molar-refractivity contribution in [1.29, 1.82) is 0 Å². The van der Waals surface area contributed by atoms with E-state index in [4.69, 9.17) is 0 Å². The maximum absolute atomic E-state index is 3.68. The summed E-state index contributed by atoms with van der Waals surface area (Å²) in [7, 11) is 0. The van der Waals surface area contributed by atoms with Crippen molar-refractivity contribution < 1.29 is 0 Å². The van der Waals surface area contributed by atoms with E-state index in [0.717, 1.165) is 0 Å². The van der Waals surface area contributed by atoms with E-state index in [0.29, 0.717) is 0 Å². The van der Waals surface area contributed by atoms with Gasteiger partial charge in [-0.15, -0.1) is 6.58 Å². The number of hydrogen-bond donors (Lipinski definition) is 0. The second-order valence-corrected chi connectivity index (χ2v) is 4.39. The van der Waals surface area contributed by atoms with Crippen LogP contribution in [0.3, 0.4) is 0 Å². The first-order chi connectivity index (χ1) is 5.88. The zero-order valence-corrected chi connectivity index (χ0v) is 9.44. The molecule has 72 valence electrons. The Morgan fingerprint density at radius 2 is 1.92 bits per heavy atom. The number of allylic oxidation sites excluding steroid dienone is 3. The SMILES string of the molecule is C=CC(C)C#C/C=C(\C)C(C)(C)C. The first kappa shape index (κ1) is 12.0. The molecule has 1 atom stereocenters. The first-order valence-electron chi connectivity index (χ1n) is 4.68. The van der Waals surface area contributed by atoms with E-state index in [1.807, 2.05) is 19.1 Å². The molecule has 0 aromatic carbocycles. The van der Waals surface area contributed by atoms with Crippen LogP contribution in [0.25, 0.3) is 0 Å². The Morgan fingerprint density at radius 3 is 2.31 bits per heavy atom. The van der Waals surface area contributed by atoms with Gasteiger partial charge in [-0.1, -0.05) is 44.3 Å². The highest BCUT2D eigenvalue weighted by molar-refractivity contribution is 5.25. The second-order valence-electron chi connectivity index (χ2n) is 4.39. The average molecular weight is 176 g/mol. The first-order valence-corrected chi connectivity index (χ1v) is 4.68. The minimum Gasteiger partial charge on any atom is -0.102 e. The van der Waals surface area contributed by atoms with Crippen LogP contribution in [0.1, 0.15) is 34.6 Å². The van der Waals surface area contributed by atoms with Gasteiger partial charge in [0, 0.05) is 5.92 Å². The van der Waals surface area contributed by atoms with E-state index in [-0.39, 0.29) is 11.3 Å². The lowest BCUT2D eigenvalue weighted by Crippen LogP contribution is -2.05. The Labute approximate surface area is 82.7 Å². The van der Waals surface area contributed by atoms with Gasteiger partial charge in [-0.2, -0.15) is 0 Å². The molecular weight excluding hydrogens is 156 g/mol. The zero-order chi connectivity index (χ0) is 10.5. The van der Waals surface area contributed by atoms with Crippen molar-refractivity contribution in [1.82, 2.24) is 0 Å². The minimum atomic E-state index is 0.228. The molecule has 0 aliphatic rings. The lowest BCUT2D eigenvalue weighted by atomic mass is 9.87. The van der Waals surface area contributed by atoms with E-state index in [1.54, 1.807) is 0 Å². The quantitative estimate of drug-likeness (QED) is 0.421. The molecule has 0 heterocycles. The van der Waals surface area contributed by atoms with Crippen LogP contribution in [0.5, 0.6) is 0 Å². The van der Waals surface area contributed by atoms with Gasteiger partial charge in [-0.05, 0) is 25.3 Å². The lowest BCUT2D eigenvalue weighted by molar-refractivity contribution is 0.504. The minimum absolute atomic E-state index is 0.228. The summed E-state index contributed by atoms with van der Waals surface area (Å²) < 4.78 is 0. The van der Waals surface area contributed by atoms with Crippen molar-refractivity contribution in [3.05, 3.63) is 24.3 Å². The van der Waals surface area contributed by atoms with Crippen LogP contribution in [0.15, 0.2) is 24.3 Å². The standard InChI is InChI=1S/C13H20/c1-7-11(2)9-8-10-12(3)13(4,5)6/h7,10-11H,1H2,2-6H3/b12-10+. The van der Waals surface area contributed by atoms with Gasteiger partial charge >= 0.3 is 0 Å². The molecule has 0 saturated carbocycles. The van der Waals surface area contributed by atoms with Gasteiger partial charge < -0.3 is 0 Å². The third kappa shape index (κ3) is 5.31.